The zero-order valence-corrected chi connectivity index (χ0v) is 15.4. The predicted octanol–water partition coefficient (Wildman–Crippen LogP) is 2.59. The Morgan fingerprint density at radius 2 is 1.96 bits per heavy atom. The van der Waals surface area contributed by atoms with Gasteiger partial charge < -0.3 is 25.8 Å². The molecule has 1 aliphatic heterocycles. The topological polar surface area (TPSA) is 103 Å². The lowest BCUT2D eigenvalue weighted by Gasteiger charge is -2.18. The Bertz CT molecular complexity index is 828. The molecule has 0 saturated carbocycles. The number of urea groups is 1. The lowest BCUT2D eigenvalue weighted by Crippen LogP contribution is -2.36. The Morgan fingerprint density at radius 3 is 2.73 bits per heavy atom. The lowest BCUT2D eigenvalue weighted by molar-refractivity contribution is -0.121. The monoisotopic (exact) mass is 419 g/mol. The van der Waals surface area contributed by atoms with Crippen molar-refractivity contribution in [1.82, 2.24) is 10.6 Å². The van der Waals surface area contributed by atoms with Crippen LogP contribution in [-0.4, -0.2) is 18.7 Å². The number of nitrogens with one attached hydrogen (secondary N) is 2. The third-order valence-corrected chi connectivity index (χ3v) is 4.38. The Balaban J connectivity index is 1.61. The van der Waals surface area contributed by atoms with Crippen LogP contribution in [-0.2, 0) is 11.3 Å². The first-order valence-electron chi connectivity index (χ1n) is 7.98. The highest BCUT2D eigenvalue weighted by molar-refractivity contribution is 9.10. The third-order valence-electron chi connectivity index (χ3n) is 3.88. The number of carbonyl (C=O) groups excluding carboxylic acids is 2. The van der Waals surface area contributed by atoms with Gasteiger partial charge in [-0.3, -0.25) is 4.79 Å². The van der Waals surface area contributed by atoms with E-state index in [9.17, 15) is 9.59 Å². The first kappa shape index (κ1) is 18.1. The Kier molecular flexibility index (Phi) is 5.62. The minimum absolute atomic E-state index is 0.0734. The summed E-state index contributed by atoms with van der Waals surface area (Å²) < 4.78 is 11.4. The molecule has 1 unspecified atom stereocenters. The smallest absolute Gasteiger partial charge is 0.312 e. The molecule has 26 heavy (non-hydrogen) atoms. The summed E-state index contributed by atoms with van der Waals surface area (Å²) in [7, 11) is 0. The number of ether oxygens (including phenoxy) is 2. The number of fused-ring (bicyclic) bond motifs is 1. The number of halogens is 1. The fraction of sp³-hybridized carbons (Fsp3) is 0.222. The van der Waals surface area contributed by atoms with E-state index < -0.39 is 12.1 Å². The molecule has 4 N–H and O–H groups in total. The highest BCUT2D eigenvalue weighted by atomic mass is 79.9. The highest BCUT2D eigenvalue weighted by Crippen LogP contribution is 2.32. The van der Waals surface area contributed by atoms with Crippen molar-refractivity contribution in [1.29, 1.82) is 0 Å². The van der Waals surface area contributed by atoms with Crippen molar-refractivity contribution in [3.63, 3.8) is 0 Å². The molecule has 7 nitrogen and oxygen atoms in total. The molecule has 0 bridgehead atoms. The average Bonchev–Trinajstić information content (AvgIpc) is 3.07. The molecule has 2 aromatic carbocycles. The first-order chi connectivity index (χ1) is 12.5. The van der Waals surface area contributed by atoms with Crippen LogP contribution >= 0.6 is 15.9 Å². The van der Waals surface area contributed by atoms with Crippen molar-refractivity contribution in [3.05, 3.63) is 58.1 Å². The zero-order chi connectivity index (χ0) is 18.5. The maximum absolute atomic E-state index is 12.3. The van der Waals surface area contributed by atoms with Gasteiger partial charge >= 0.3 is 6.03 Å². The van der Waals surface area contributed by atoms with Gasteiger partial charge in [0.05, 0.1) is 12.5 Å². The Hall–Kier alpha value is -2.74. The van der Waals surface area contributed by atoms with Crippen molar-refractivity contribution in [2.24, 2.45) is 5.73 Å². The molecule has 0 saturated heterocycles. The number of carbonyl (C=O) groups is 2. The quantitative estimate of drug-likeness (QED) is 0.669. The minimum Gasteiger partial charge on any atom is -0.454 e. The van der Waals surface area contributed by atoms with Crippen LogP contribution in [0.15, 0.2) is 46.9 Å². The molecule has 1 aliphatic rings. The first-order valence-corrected chi connectivity index (χ1v) is 8.77. The van der Waals surface area contributed by atoms with Crippen molar-refractivity contribution >= 4 is 27.9 Å². The molecule has 3 amide bonds. The van der Waals surface area contributed by atoms with Crippen LogP contribution in [0.2, 0.25) is 0 Å². The van der Waals surface area contributed by atoms with Gasteiger partial charge in [0.1, 0.15) is 0 Å². The number of hydrogen-bond acceptors (Lipinski definition) is 4. The van der Waals surface area contributed by atoms with Gasteiger partial charge in [-0.25, -0.2) is 4.79 Å². The van der Waals surface area contributed by atoms with Crippen LogP contribution in [0.5, 0.6) is 11.5 Å². The van der Waals surface area contributed by atoms with Gasteiger partial charge in [0.2, 0.25) is 12.7 Å². The molecule has 0 spiro atoms. The number of nitrogens with two attached hydrogens (primary N) is 1. The Morgan fingerprint density at radius 1 is 1.15 bits per heavy atom. The van der Waals surface area contributed by atoms with Gasteiger partial charge in [-0.2, -0.15) is 0 Å². The maximum atomic E-state index is 12.3. The van der Waals surface area contributed by atoms with Gasteiger partial charge in [-0.1, -0.05) is 34.1 Å². The summed E-state index contributed by atoms with van der Waals surface area (Å²) in [4.78, 5) is 23.6. The summed E-state index contributed by atoms with van der Waals surface area (Å²) in [5.41, 5.74) is 6.92. The van der Waals surface area contributed by atoms with Crippen molar-refractivity contribution in [2.45, 2.75) is 19.0 Å². The fourth-order valence-electron chi connectivity index (χ4n) is 2.66. The van der Waals surface area contributed by atoms with E-state index in [4.69, 9.17) is 15.2 Å². The molecule has 0 fully saturated rings. The van der Waals surface area contributed by atoms with Gasteiger partial charge in [0, 0.05) is 11.0 Å². The minimum atomic E-state index is -0.682. The van der Waals surface area contributed by atoms with Crippen molar-refractivity contribution in [3.8, 4) is 11.5 Å². The number of primary amides is 1. The van der Waals surface area contributed by atoms with E-state index in [0.29, 0.717) is 18.0 Å². The van der Waals surface area contributed by atoms with E-state index in [0.717, 1.165) is 15.6 Å². The second-order valence-electron chi connectivity index (χ2n) is 5.78. The van der Waals surface area contributed by atoms with Crippen LogP contribution in [0.1, 0.15) is 23.6 Å². The van der Waals surface area contributed by atoms with E-state index in [1.807, 2.05) is 42.5 Å². The van der Waals surface area contributed by atoms with E-state index in [2.05, 4.69) is 26.6 Å². The standard InChI is InChI=1S/C18H18BrN3O4/c19-13-3-1-2-12(7-13)14(22-18(20)24)8-17(23)21-9-11-4-5-15-16(6-11)26-10-25-15/h1-7,14H,8-10H2,(H,21,23)(H3,20,22,24). The molecule has 0 radical (unpaired) electrons. The molecule has 1 atom stereocenters. The second-order valence-corrected chi connectivity index (χ2v) is 6.70. The summed E-state index contributed by atoms with van der Waals surface area (Å²) in [5, 5.41) is 5.45. The lowest BCUT2D eigenvalue weighted by atomic mass is 10.0. The van der Waals surface area contributed by atoms with Gasteiger partial charge in [0.25, 0.3) is 0 Å². The average molecular weight is 420 g/mol. The van der Waals surface area contributed by atoms with Crippen molar-refractivity contribution in [2.75, 3.05) is 6.79 Å². The largest absolute Gasteiger partial charge is 0.454 e. The molecule has 8 heteroatoms. The Labute approximate surface area is 159 Å². The van der Waals surface area contributed by atoms with Crippen LogP contribution < -0.4 is 25.8 Å². The molecular weight excluding hydrogens is 402 g/mol. The van der Waals surface area contributed by atoms with E-state index in [1.165, 1.54) is 0 Å². The summed E-state index contributed by atoms with van der Waals surface area (Å²) >= 11 is 3.38. The van der Waals surface area contributed by atoms with Gasteiger partial charge in [0.15, 0.2) is 11.5 Å². The highest BCUT2D eigenvalue weighted by Gasteiger charge is 2.18. The van der Waals surface area contributed by atoms with E-state index >= 15 is 0 Å². The van der Waals surface area contributed by atoms with Crippen LogP contribution in [0.3, 0.4) is 0 Å². The van der Waals surface area contributed by atoms with Crippen LogP contribution in [0.25, 0.3) is 0 Å². The van der Waals surface area contributed by atoms with E-state index in [1.54, 1.807) is 0 Å². The summed E-state index contributed by atoms with van der Waals surface area (Å²) in [5.74, 6) is 1.15. The van der Waals surface area contributed by atoms with Gasteiger partial charge in [-0.15, -0.1) is 0 Å². The molecule has 1 heterocycles. The summed E-state index contributed by atoms with van der Waals surface area (Å²) in [6.45, 7) is 0.551. The second kappa shape index (κ2) is 8.09. The SMILES string of the molecule is NC(=O)NC(CC(=O)NCc1ccc2c(c1)OCO2)c1cccc(Br)c1. The molecule has 2 aromatic rings. The summed E-state index contributed by atoms with van der Waals surface area (Å²) in [6, 6.07) is 11.7. The predicted molar refractivity (Wildman–Crippen MR) is 98.6 cm³/mol. The van der Waals surface area contributed by atoms with Crippen molar-refractivity contribution < 1.29 is 19.1 Å². The number of hydrogen-bond donors (Lipinski definition) is 3. The van der Waals surface area contributed by atoms with Crippen LogP contribution in [0, 0.1) is 0 Å². The molecule has 0 aromatic heterocycles. The molecule has 3 rings (SSSR count). The van der Waals surface area contributed by atoms with E-state index in [-0.39, 0.29) is 19.1 Å². The number of benzene rings is 2. The third kappa shape index (κ3) is 4.66. The fourth-order valence-corrected chi connectivity index (χ4v) is 3.07. The zero-order valence-electron chi connectivity index (χ0n) is 13.8. The van der Waals surface area contributed by atoms with Crippen LogP contribution in [0.4, 0.5) is 4.79 Å². The number of rotatable bonds is 6. The van der Waals surface area contributed by atoms with Gasteiger partial charge in [-0.05, 0) is 35.4 Å². The normalized spacial score (nSPS) is 13.1. The molecular formula is C18H18BrN3O4. The molecule has 136 valence electrons. The maximum Gasteiger partial charge on any atom is 0.312 e. The molecule has 0 aliphatic carbocycles. The number of amides is 3. The summed E-state index contributed by atoms with van der Waals surface area (Å²) in [6.07, 6.45) is 0.0734.